The van der Waals surface area contributed by atoms with Gasteiger partial charge in [0.05, 0.1) is 37.0 Å². The number of nitrogens with zero attached hydrogens (tertiary/aromatic N) is 5. The molecular weight excluding hydrogens is 468 g/mol. The van der Waals surface area contributed by atoms with Crippen molar-refractivity contribution >= 4 is 22.5 Å². The average molecular weight is 495 g/mol. The molecule has 1 amide bonds. The van der Waals surface area contributed by atoms with Gasteiger partial charge in [-0.25, -0.2) is 4.98 Å². The number of fused-ring (bicyclic) bond motifs is 2. The molecule has 9 heteroatoms. The number of rotatable bonds is 5. The maximum Gasteiger partial charge on any atom is 0.279 e. The molecule has 186 valence electrons. The summed E-state index contributed by atoms with van der Waals surface area (Å²) in [5, 5.41) is 13.4. The number of amides is 1. The van der Waals surface area contributed by atoms with Crippen LogP contribution in [0.1, 0.15) is 34.1 Å². The molecule has 3 aromatic heterocycles. The highest BCUT2D eigenvalue weighted by Crippen LogP contribution is 2.32. The molecule has 0 saturated carbocycles. The van der Waals surface area contributed by atoms with E-state index in [2.05, 4.69) is 21.4 Å². The minimum atomic E-state index is -0.790. The Morgan fingerprint density at radius 1 is 1.24 bits per heavy atom. The summed E-state index contributed by atoms with van der Waals surface area (Å²) >= 11 is 0. The normalized spacial score (nSPS) is 16.6. The second kappa shape index (κ2) is 9.48. The molecule has 1 aliphatic heterocycles. The zero-order valence-corrected chi connectivity index (χ0v) is 20.9. The standard InChI is InChI=1S/C28H26N6O3/c1-28(16-29)17-37-15-20-7-6-18(11-22(20)28)26(35)31-14-21-12-23-19(13-30-21)8-9-25(32-23)34-10-4-5-24(27(34)36)33(2)3/h4-13H,14-15,17H2,1-3H3,(H,31,35). The van der Waals surface area contributed by atoms with E-state index in [9.17, 15) is 14.9 Å². The van der Waals surface area contributed by atoms with E-state index in [0.29, 0.717) is 41.5 Å². The van der Waals surface area contributed by atoms with Crippen molar-refractivity contribution in [3.63, 3.8) is 0 Å². The Hall–Kier alpha value is -4.55. The van der Waals surface area contributed by atoms with E-state index in [1.54, 1.807) is 47.6 Å². The van der Waals surface area contributed by atoms with Crippen molar-refractivity contribution in [3.8, 4) is 11.9 Å². The van der Waals surface area contributed by atoms with Gasteiger partial charge in [0.1, 0.15) is 16.9 Å². The third-order valence-corrected chi connectivity index (χ3v) is 6.56. The molecule has 0 saturated heterocycles. The second-order valence-electron chi connectivity index (χ2n) is 9.49. The number of aromatic nitrogens is 3. The van der Waals surface area contributed by atoms with E-state index in [0.717, 1.165) is 16.5 Å². The number of pyridine rings is 3. The molecule has 9 nitrogen and oxygen atoms in total. The maximum absolute atomic E-state index is 12.9. The fraction of sp³-hybridized carbons (Fsp3) is 0.250. The van der Waals surface area contributed by atoms with Crippen LogP contribution in [0.2, 0.25) is 0 Å². The van der Waals surface area contributed by atoms with Crippen LogP contribution in [0.15, 0.2) is 65.7 Å². The average Bonchev–Trinajstić information content (AvgIpc) is 2.91. The molecule has 1 N–H and O–H groups in total. The largest absolute Gasteiger partial charge is 0.375 e. The monoisotopic (exact) mass is 494 g/mol. The zero-order chi connectivity index (χ0) is 26.2. The smallest absolute Gasteiger partial charge is 0.279 e. The molecule has 4 heterocycles. The van der Waals surface area contributed by atoms with Gasteiger partial charge in [-0.3, -0.25) is 19.1 Å². The van der Waals surface area contributed by atoms with Crippen LogP contribution in [0, 0.1) is 11.3 Å². The minimum Gasteiger partial charge on any atom is -0.375 e. The van der Waals surface area contributed by atoms with Crippen LogP contribution in [0.3, 0.4) is 0 Å². The second-order valence-corrected chi connectivity index (χ2v) is 9.49. The number of nitrogens with one attached hydrogen (secondary N) is 1. The van der Waals surface area contributed by atoms with Crippen molar-refractivity contribution in [1.29, 1.82) is 5.26 Å². The van der Waals surface area contributed by atoms with Crippen LogP contribution in [0.5, 0.6) is 0 Å². The predicted octanol–water partition coefficient (Wildman–Crippen LogP) is 3.09. The summed E-state index contributed by atoms with van der Waals surface area (Å²) in [5.41, 5.74) is 3.12. The van der Waals surface area contributed by atoms with E-state index in [1.807, 2.05) is 39.2 Å². The third kappa shape index (κ3) is 4.55. The van der Waals surface area contributed by atoms with Crippen molar-refractivity contribution in [2.24, 2.45) is 0 Å². The lowest BCUT2D eigenvalue weighted by Crippen LogP contribution is -2.33. The topological polar surface area (TPSA) is 113 Å². The van der Waals surface area contributed by atoms with Crippen molar-refractivity contribution < 1.29 is 9.53 Å². The molecule has 0 radical (unpaired) electrons. The quantitative estimate of drug-likeness (QED) is 0.454. The highest BCUT2D eigenvalue weighted by atomic mass is 16.5. The Kier molecular flexibility index (Phi) is 6.19. The van der Waals surface area contributed by atoms with Gasteiger partial charge in [0, 0.05) is 37.4 Å². The molecule has 0 bridgehead atoms. The van der Waals surface area contributed by atoms with Gasteiger partial charge >= 0.3 is 0 Å². The molecule has 4 aromatic rings. The maximum atomic E-state index is 12.9. The zero-order valence-electron chi connectivity index (χ0n) is 20.9. The molecule has 0 fully saturated rings. The van der Waals surface area contributed by atoms with E-state index in [1.165, 1.54) is 4.57 Å². The summed E-state index contributed by atoms with van der Waals surface area (Å²) in [6.45, 7) is 2.74. The molecule has 1 aromatic carbocycles. The lowest BCUT2D eigenvalue weighted by Gasteiger charge is -2.30. The van der Waals surface area contributed by atoms with Crippen LogP contribution in [-0.4, -0.2) is 41.1 Å². The fourth-order valence-corrected chi connectivity index (χ4v) is 4.45. The molecule has 37 heavy (non-hydrogen) atoms. The highest BCUT2D eigenvalue weighted by Gasteiger charge is 2.33. The molecule has 1 aliphatic rings. The van der Waals surface area contributed by atoms with Crippen LogP contribution in [0.25, 0.3) is 16.7 Å². The Bertz CT molecular complexity index is 1620. The summed E-state index contributed by atoms with van der Waals surface area (Å²) in [6, 6.07) is 16.7. The van der Waals surface area contributed by atoms with Gasteiger partial charge in [-0.15, -0.1) is 0 Å². The number of hydrogen-bond acceptors (Lipinski definition) is 7. The Labute approximate surface area is 214 Å². The SMILES string of the molecule is CN(C)c1cccn(-c2ccc3cnc(CNC(=O)c4ccc5c(c4)C(C)(C#N)COC5)cc3n2)c1=O. The fourth-order valence-electron chi connectivity index (χ4n) is 4.45. The first-order valence-electron chi connectivity index (χ1n) is 11.8. The number of hydrogen-bond donors (Lipinski definition) is 1. The molecule has 1 unspecified atom stereocenters. The Morgan fingerprint density at radius 2 is 2.08 bits per heavy atom. The first kappa shape index (κ1) is 24.2. The highest BCUT2D eigenvalue weighted by molar-refractivity contribution is 5.94. The Morgan fingerprint density at radius 3 is 2.86 bits per heavy atom. The minimum absolute atomic E-state index is 0.162. The van der Waals surface area contributed by atoms with Gasteiger partial charge in [0.25, 0.3) is 11.5 Å². The number of nitriles is 1. The van der Waals surface area contributed by atoms with E-state index >= 15 is 0 Å². The van der Waals surface area contributed by atoms with E-state index in [-0.39, 0.29) is 18.0 Å². The van der Waals surface area contributed by atoms with Crippen molar-refractivity contribution in [1.82, 2.24) is 19.9 Å². The van der Waals surface area contributed by atoms with Crippen LogP contribution in [-0.2, 0) is 23.3 Å². The summed E-state index contributed by atoms with van der Waals surface area (Å²) < 4.78 is 7.05. The lowest BCUT2D eigenvalue weighted by atomic mass is 9.79. The van der Waals surface area contributed by atoms with Crippen LogP contribution in [0.4, 0.5) is 5.69 Å². The predicted molar refractivity (Wildman–Crippen MR) is 140 cm³/mol. The molecule has 0 spiro atoms. The van der Waals surface area contributed by atoms with Gasteiger partial charge in [-0.2, -0.15) is 5.26 Å². The van der Waals surface area contributed by atoms with E-state index < -0.39 is 5.41 Å². The molecule has 1 atom stereocenters. The molecule has 5 rings (SSSR count). The van der Waals surface area contributed by atoms with Gasteiger partial charge in [0.15, 0.2) is 0 Å². The van der Waals surface area contributed by atoms with Gasteiger partial charge in [-0.05, 0) is 60.5 Å². The number of carbonyl (C=O) groups is 1. The molecule has 0 aliphatic carbocycles. The van der Waals surface area contributed by atoms with Crippen LogP contribution < -0.4 is 15.8 Å². The number of carbonyl (C=O) groups excluding carboxylic acids is 1. The molecular formula is C28H26N6O3. The van der Waals surface area contributed by atoms with E-state index in [4.69, 9.17) is 4.74 Å². The summed E-state index contributed by atoms with van der Waals surface area (Å²) in [6.07, 6.45) is 3.39. The number of ether oxygens (including phenoxy) is 1. The van der Waals surface area contributed by atoms with Gasteiger partial charge in [-0.1, -0.05) is 6.07 Å². The number of benzene rings is 1. The lowest BCUT2D eigenvalue weighted by molar-refractivity contribution is 0.0757. The summed E-state index contributed by atoms with van der Waals surface area (Å²) in [4.78, 5) is 36.7. The van der Waals surface area contributed by atoms with Crippen LogP contribution >= 0.6 is 0 Å². The van der Waals surface area contributed by atoms with Gasteiger partial charge in [0.2, 0.25) is 0 Å². The van der Waals surface area contributed by atoms with Crippen molar-refractivity contribution in [2.75, 3.05) is 25.6 Å². The summed E-state index contributed by atoms with van der Waals surface area (Å²) in [5.74, 6) is 0.242. The number of anilines is 1. The van der Waals surface area contributed by atoms with Gasteiger partial charge < -0.3 is 15.0 Å². The third-order valence-electron chi connectivity index (χ3n) is 6.56. The summed E-state index contributed by atoms with van der Waals surface area (Å²) in [7, 11) is 3.64. The first-order valence-corrected chi connectivity index (χ1v) is 11.8. The Balaban J connectivity index is 1.37. The first-order chi connectivity index (χ1) is 17.8. The van der Waals surface area contributed by atoms with Crippen molar-refractivity contribution in [2.45, 2.75) is 25.5 Å². The van der Waals surface area contributed by atoms with Crippen molar-refractivity contribution in [3.05, 3.63) is 93.7 Å².